The molecule has 2 aliphatic heterocycles. The Bertz CT molecular complexity index is 193. The van der Waals surface area contributed by atoms with Crippen LogP contribution in [0.25, 0.3) is 0 Å². The smallest absolute Gasteiger partial charge is 0.0936 e. The summed E-state index contributed by atoms with van der Waals surface area (Å²) in [5.74, 6) is 1.16. The number of rotatable bonds is 0. The van der Waals surface area contributed by atoms with Crippen LogP contribution in [-0.2, 0) is 0 Å². The monoisotopic (exact) mass is 153 g/mol. The van der Waals surface area contributed by atoms with Gasteiger partial charge in [-0.1, -0.05) is 6.08 Å². The van der Waals surface area contributed by atoms with E-state index >= 15 is 0 Å². The van der Waals surface area contributed by atoms with Gasteiger partial charge in [0.2, 0.25) is 0 Å². The first kappa shape index (κ1) is 6.47. The molecule has 2 heterocycles. The van der Waals surface area contributed by atoms with Gasteiger partial charge in [-0.05, 0) is 24.8 Å². The lowest BCUT2D eigenvalue weighted by atomic mass is 10.1. The third-order valence-electron chi connectivity index (χ3n) is 1.93. The molecule has 0 aromatic rings. The van der Waals surface area contributed by atoms with Crippen LogP contribution >= 0.6 is 11.8 Å². The predicted molar refractivity (Wildman–Crippen MR) is 46.7 cm³/mol. The lowest BCUT2D eigenvalue weighted by Gasteiger charge is -1.95. The van der Waals surface area contributed by atoms with Crippen molar-refractivity contribution in [2.24, 2.45) is 4.99 Å². The highest BCUT2D eigenvalue weighted by Gasteiger charge is 2.14. The number of thioether (sulfide) groups is 1. The molecule has 0 saturated carbocycles. The average Bonchev–Trinajstić information content (AvgIpc) is 2.28. The molecule has 0 unspecified atom stereocenters. The minimum Gasteiger partial charge on any atom is -0.278 e. The number of nitrogens with zero attached hydrogens (tertiary/aromatic N) is 1. The van der Waals surface area contributed by atoms with E-state index in [4.69, 9.17) is 0 Å². The molecule has 0 fully saturated rings. The topological polar surface area (TPSA) is 12.4 Å². The minimum absolute atomic E-state index is 1.06. The van der Waals surface area contributed by atoms with E-state index in [1.54, 1.807) is 0 Å². The van der Waals surface area contributed by atoms with Gasteiger partial charge in [0.1, 0.15) is 0 Å². The highest BCUT2D eigenvalue weighted by Crippen LogP contribution is 2.27. The Morgan fingerprint density at radius 2 is 2.40 bits per heavy atom. The van der Waals surface area contributed by atoms with Gasteiger partial charge in [-0.2, -0.15) is 0 Å². The fourth-order valence-corrected chi connectivity index (χ4v) is 2.36. The third kappa shape index (κ3) is 1.12. The van der Waals surface area contributed by atoms with Crippen LogP contribution < -0.4 is 0 Å². The third-order valence-corrected chi connectivity index (χ3v) is 2.93. The second-order valence-electron chi connectivity index (χ2n) is 2.68. The molecule has 0 atom stereocenters. The Morgan fingerprint density at radius 1 is 1.40 bits per heavy atom. The van der Waals surface area contributed by atoms with Gasteiger partial charge < -0.3 is 0 Å². The van der Waals surface area contributed by atoms with Crippen LogP contribution in [0.2, 0.25) is 0 Å². The summed E-state index contributed by atoms with van der Waals surface area (Å²) in [5, 5.41) is 1.33. The fourth-order valence-electron chi connectivity index (χ4n) is 1.37. The highest BCUT2D eigenvalue weighted by atomic mass is 32.2. The number of hydrogen-bond acceptors (Lipinski definition) is 2. The molecule has 2 heteroatoms. The summed E-state index contributed by atoms with van der Waals surface area (Å²) in [5.41, 5.74) is 1.52. The highest BCUT2D eigenvalue weighted by molar-refractivity contribution is 8.14. The average molecular weight is 153 g/mol. The molecule has 0 radical (unpaired) electrons. The Labute approximate surface area is 65.6 Å². The van der Waals surface area contributed by atoms with E-state index in [-0.39, 0.29) is 0 Å². The molecule has 1 nitrogen and oxygen atoms in total. The summed E-state index contributed by atoms with van der Waals surface area (Å²) in [4.78, 5) is 4.50. The lowest BCUT2D eigenvalue weighted by Crippen LogP contribution is -1.89. The van der Waals surface area contributed by atoms with Crippen molar-refractivity contribution in [3.63, 3.8) is 0 Å². The van der Waals surface area contributed by atoms with Crippen LogP contribution in [0.5, 0.6) is 0 Å². The van der Waals surface area contributed by atoms with Gasteiger partial charge in [-0.3, -0.25) is 4.99 Å². The Morgan fingerprint density at radius 3 is 3.40 bits per heavy atom. The van der Waals surface area contributed by atoms with Gasteiger partial charge in [0.15, 0.2) is 0 Å². The molecule has 54 valence electrons. The molecule has 0 saturated heterocycles. The predicted octanol–water partition coefficient (Wildman–Crippen LogP) is 2.24. The molecule has 0 bridgehead atoms. The molecular weight excluding hydrogens is 142 g/mol. The van der Waals surface area contributed by atoms with E-state index in [1.807, 2.05) is 11.8 Å². The van der Waals surface area contributed by atoms with Crippen LogP contribution in [0.3, 0.4) is 0 Å². The molecule has 0 aromatic heterocycles. The first-order valence-electron chi connectivity index (χ1n) is 3.83. The maximum Gasteiger partial charge on any atom is 0.0936 e. The van der Waals surface area contributed by atoms with E-state index in [2.05, 4.69) is 11.1 Å². The SMILES string of the molecule is C1=C2CCCCN=C2SC1. The lowest BCUT2D eigenvalue weighted by molar-refractivity contribution is 0.769. The largest absolute Gasteiger partial charge is 0.278 e. The molecular formula is C8H11NS. The van der Waals surface area contributed by atoms with Gasteiger partial charge in [0, 0.05) is 12.3 Å². The summed E-state index contributed by atoms with van der Waals surface area (Å²) in [6.07, 6.45) is 6.21. The Hall–Kier alpha value is -0.240. The summed E-state index contributed by atoms with van der Waals surface area (Å²) in [6, 6.07) is 0. The van der Waals surface area contributed by atoms with Gasteiger partial charge in [-0.25, -0.2) is 0 Å². The standard InChI is InChI=1S/C8H11NS/c1-2-5-9-8-7(3-1)4-6-10-8/h4H,1-3,5-6H2. The molecule has 10 heavy (non-hydrogen) atoms. The molecule has 2 rings (SSSR count). The van der Waals surface area contributed by atoms with Gasteiger partial charge in [-0.15, -0.1) is 11.8 Å². The van der Waals surface area contributed by atoms with Crippen LogP contribution in [-0.4, -0.2) is 17.3 Å². The minimum atomic E-state index is 1.06. The first-order chi connectivity index (χ1) is 4.97. The second-order valence-corrected chi connectivity index (χ2v) is 3.69. The van der Waals surface area contributed by atoms with Crippen LogP contribution in [0.1, 0.15) is 19.3 Å². The van der Waals surface area contributed by atoms with Crippen molar-refractivity contribution in [3.05, 3.63) is 11.6 Å². The zero-order valence-electron chi connectivity index (χ0n) is 5.97. The maximum absolute atomic E-state index is 4.50. The molecule has 0 aliphatic carbocycles. The van der Waals surface area contributed by atoms with Gasteiger partial charge in [0.05, 0.1) is 5.04 Å². The van der Waals surface area contributed by atoms with Gasteiger partial charge >= 0.3 is 0 Å². The van der Waals surface area contributed by atoms with E-state index in [0.717, 1.165) is 12.3 Å². The summed E-state index contributed by atoms with van der Waals surface area (Å²) < 4.78 is 0. The van der Waals surface area contributed by atoms with Crippen molar-refractivity contribution in [2.45, 2.75) is 19.3 Å². The molecule has 0 spiro atoms. The van der Waals surface area contributed by atoms with Crippen LogP contribution in [0, 0.1) is 0 Å². The van der Waals surface area contributed by atoms with Crippen molar-refractivity contribution in [1.82, 2.24) is 0 Å². The Balaban J connectivity index is 2.21. The number of aliphatic imine (C=N–C) groups is 1. The zero-order valence-corrected chi connectivity index (χ0v) is 6.78. The maximum atomic E-state index is 4.50. The zero-order chi connectivity index (χ0) is 6.81. The fraction of sp³-hybridized carbons (Fsp3) is 0.625. The van der Waals surface area contributed by atoms with Crippen LogP contribution in [0.4, 0.5) is 0 Å². The molecule has 2 aliphatic rings. The summed E-state index contributed by atoms with van der Waals surface area (Å²) >= 11 is 1.90. The van der Waals surface area contributed by atoms with Gasteiger partial charge in [0.25, 0.3) is 0 Å². The second kappa shape index (κ2) is 2.79. The van der Waals surface area contributed by atoms with E-state index in [9.17, 15) is 0 Å². The van der Waals surface area contributed by atoms with E-state index in [1.165, 1.54) is 29.9 Å². The van der Waals surface area contributed by atoms with Crippen LogP contribution in [0.15, 0.2) is 16.6 Å². The quantitative estimate of drug-likeness (QED) is 0.520. The van der Waals surface area contributed by atoms with Crippen molar-refractivity contribution in [3.8, 4) is 0 Å². The number of hydrogen-bond donors (Lipinski definition) is 0. The molecule has 0 amide bonds. The Kier molecular flexibility index (Phi) is 1.80. The van der Waals surface area contributed by atoms with Crippen molar-refractivity contribution < 1.29 is 0 Å². The van der Waals surface area contributed by atoms with Crippen molar-refractivity contribution in [1.29, 1.82) is 0 Å². The van der Waals surface area contributed by atoms with E-state index < -0.39 is 0 Å². The first-order valence-corrected chi connectivity index (χ1v) is 4.82. The van der Waals surface area contributed by atoms with Crippen molar-refractivity contribution >= 4 is 16.8 Å². The summed E-state index contributed by atoms with van der Waals surface area (Å²) in [6.45, 7) is 1.06. The van der Waals surface area contributed by atoms with Crippen molar-refractivity contribution in [2.75, 3.05) is 12.3 Å². The summed E-state index contributed by atoms with van der Waals surface area (Å²) in [7, 11) is 0. The van der Waals surface area contributed by atoms with E-state index in [0.29, 0.717) is 0 Å². The molecule has 0 N–H and O–H groups in total. The normalized spacial score (nSPS) is 24.8. The molecule has 0 aromatic carbocycles. The number of fused-ring (bicyclic) bond motifs is 1.